The summed E-state index contributed by atoms with van der Waals surface area (Å²) in [5, 5.41) is 2.84. The average Bonchev–Trinajstić information content (AvgIpc) is 3.06. The molecule has 3 amide bonds. The Morgan fingerprint density at radius 3 is 3.15 bits per heavy atom. The van der Waals surface area contributed by atoms with Crippen molar-refractivity contribution in [2.75, 3.05) is 26.2 Å². The molecule has 3 rings (SSSR count). The molecule has 0 bridgehead atoms. The van der Waals surface area contributed by atoms with Crippen LogP contribution < -0.4 is 16.6 Å². The van der Waals surface area contributed by atoms with Crippen LogP contribution >= 0.6 is 0 Å². The maximum atomic E-state index is 11.5. The maximum absolute atomic E-state index is 11.5. The molecule has 0 aromatic carbocycles. The van der Waals surface area contributed by atoms with Crippen LogP contribution in [-0.2, 0) is 6.54 Å². The van der Waals surface area contributed by atoms with Crippen LogP contribution in [0.4, 0.5) is 4.79 Å². The maximum Gasteiger partial charge on any atom is 0.317 e. The number of carbonyl (C=O) groups is 2. The molecule has 0 aliphatic carbocycles. The number of nitrogens with zero attached hydrogens (tertiary/aromatic N) is 2. The molecule has 1 atom stereocenters. The summed E-state index contributed by atoms with van der Waals surface area (Å²) in [5.74, 6) is 5.54. The van der Waals surface area contributed by atoms with Gasteiger partial charge in [0.1, 0.15) is 5.76 Å². The third-order valence-electron chi connectivity index (χ3n) is 3.71. The summed E-state index contributed by atoms with van der Waals surface area (Å²) in [4.78, 5) is 26.9. The number of nitrogens with one attached hydrogen (secondary N) is 2. The Bertz CT molecular complexity index is 529. The first-order valence-corrected chi connectivity index (χ1v) is 6.54. The van der Waals surface area contributed by atoms with E-state index < -0.39 is 5.91 Å². The molecule has 2 aliphatic rings. The monoisotopic (exact) mass is 279 g/mol. The fourth-order valence-corrected chi connectivity index (χ4v) is 2.69. The molecule has 8 heteroatoms. The van der Waals surface area contributed by atoms with Crippen LogP contribution in [0.15, 0.2) is 16.5 Å². The third kappa shape index (κ3) is 2.35. The van der Waals surface area contributed by atoms with Crippen molar-refractivity contribution in [1.82, 2.24) is 20.5 Å². The van der Waals surface area contributed by atoms with Crippen LogP contribution in [-0.4, -0.2) is 54.0 Å². The quantitative estimate of drug-likeness (QED) is 0.377. The van der Waals surface area contributed by atoms with Gasteiger partial charge in [-0.1, -0.05) is 0 Å². The summed E-state index contributed by atoms with van der Waals surface area (Å²) in [6.45, 7) is 3.62. The van der Waals surface area contributed by atoms with Gasteiger partial charge in [0.2, 0.25) is 0 Å². The number of amides is 3. The van der Waals surface area contributed by atoms with Gasteiger partial charge in [0, 0.05) is 26.2 Å². The van der Waals surface area contributed by atoms with E-state index in [2.05, 4.69) is 10.2 Å². The molecule has 4 N–H and O–H groups in total. The lowest BCUT2D eigenvalue weighted by atomic mass is 10.2. The summed E-state index contributed by atoms with van der Waals surface area (Å²) in [6.07, 6.45) is 0. The van der Waals surface area contributed by atoms with Crippen molar-refractivity contribution in [2.45, 2.75) is 12.6 Å². The number of rotatable bonds is 3. The van der Waals surface area contributed by atoms with E-state index in [0.717, 1.165) is 13.1 Å². The smallest absolute Gasteiger partial charge is 0.317 e. The van der Waals surface area contributed by atoms with Crippen LogP contribution in [0.2, 0.25) is 0 Å². The first-order chi connectivity index (χ1) is 9.67. The number of piperazine rings is 1. The van der Waals surface area contributed by atoms with Gasteiger partial charge in [-0.05, 0) is 12.1 Å². The normalized spacial score (nSPS) is 22.6. The van der Waals surface area contributed by atoms with Crippen LogP contribution in [0.1, 0.15) is 16.3 Å². The van der Waals surface area contributed by atoms with Gasteiger partial charge in [-0.2, -0.15) is 0 Å². The lowest BCUT2D eigenvalue weighted by Gasteiger charge is -2.35. The highest BCUT2D eigenvalue weighted by Gasteiger charge is 2.35. The zero-order valence-electron chi connectivity index (χ0n) is 11.0. The first kappa shape index (κ1) is 12.9. The van der Waals surface area contributed by atoms with Crippen molar-refractivity contribution in [2.24, 2.45) is 5.84 Å². The molecule has 1 aromatic heterocycles. The number of hydrazine groups is 1. The zero-order valence-corrected chi connectivity index (χ0v) is 11.0. The highest BCUT2D eigenvalue weighted by atomic mass is 16.4. The topological polar surface area (TPSA) is 104 Å². The Morgan fingerprint density at radius 1 is 1.50 bits per heavy atom. The fraction of sp³-hybridized carbons (Fsp3) is 0.500. The van der Waals surface area contributed by atoms with E-state index in [1.807, 2.05) is 10.3 Å². The molecule has 8 nitrogen and oxygen atoms in total. The van der Waals surface area contributed by atoms with Crippen molar-refractivity contribution >= 4 is 11.9 Å². The number of nitrogen functional groups attached to an aromatic ring is 1. The molecule has 0 radical (unpaired) electrons. The van der Waals surface area contributed by atoms with Gasteiger partial charge in [0.15, 0.2) is 5.76 Å². The Morgan fingerprint density at radius 2 is 2.35 bits per heavy atom. The van der Waals surface area contributed by atoms with Gasteiger partial charge in [0.05, 0.1) is 12.6 Å². The number of furan rings is 1. The van der Waals surface area contributed by atoms with E-state index in [1.54, 1.807) is 12.1 Å². The van der Waals surface area contributed by atoms with E-state index in [4.69, 9.17) is 10.3 Å². The van der Waals surface area contributed by atoms with Crippen molar-refractivity contribution in [3.8, 4) is 0 Å². The predicted molar refractivity (Wildman–Crippen MR) is 69.5 cm³/mol. The van der Waals surface area contributed by atoms with Crippen LogP contribution in [0.5, 0.6) is 0 Å². The SMILES string of the molecule is NNC(=O)c1ccc(CN2CCN3C(=O)NCC3C2)o1. The van der Waals surface area contributed by atoms with E-state index in [0.29, 0.717) is 25.4 Å². The molecule has 3 heterocycles. The highest BCUT2D eigenvalue weighted by molar-refractivity contribution is 5.90. The summed E-state index contributed by atoms with van der Waals surface area (Å²) in [6, 6.07) is 3.62. The van der Waals surface area contributed by atoms with Crippen molar-refractivity contribution in [3.63, 3.8) is 0 Å². The standard InChI is InChI=1S/C12H17N5O3/c13-15-11(18)10-2-1-9(20-10)7-16-3-4-17-8(6-16)5-14-12(17)19/h1-2,8H,3-7,13H2,(H,14,19)(H,15,18). The largest absolute Gasteiger partial charge is 0.455 e. The molecule has 2 fully saturated rings. The predicted octanol–water partition coefficient (Wildman–Crippen LogP) is -0.907. The highest BCUT2D eigenvalue weighted by Crippen LogP contribution is 2.17. The summed E-state index contributed by atoms with van der Waals surface area (Å²) in [7, 11) is 0. The van der Waals surface area contributed by atoms with E-state index in [1.165, 1.54) is 0 Å². The lowest BCUT2D eigenvalue weighted by molar-refractivity contribution is 0.0912. The minimum absolute atomic E-state index is 0.0227. The molecular formula is C12H17N5O3. The van der Waals surface area contributed by atoms with Crippen LogP contribution in [0.25, 0.3) is 0 Å². The Labute approximate surface area is 115 Å². The molecule has 2 aliphatic heterocycles. The van der Waals surface area contributed by atoms with Gasteiger partial charge < -0.3 is 14.6 Å². The number of nitrogens with two attached hydrogens (primary N) is 1. The first-order valence-electron chi connectivity index (χ1n) is 6.54. The number of fused-ring (bicyclic) bond motifs is 1. The van der Waals surface area contributed by atoms with Crippen molar-refractivity contribution < 1.29 is 14.0 Å². The number of hydrogen-bond donors (Lipinski definition) is 3. The van der Waals surface area contributed by atoms with Gasteiger partial charge in [-0.15, -0.1) is 0 Å². The van der Waals surface area contributed by atoms with Gasteiger partial charge in [-0.3, -0.25) is 15.1 Å². The fourth-order valence-electron chi connectivity index (χ4n) is 2.69. The van der Waals surface area contributed by atoms with E-state index >= 15 is 0 Å². The molecule has 1 aromatic rings. The molecule has 108 valence electrons. The molecule has 1 unspecified atom stereocenters. The summed E-state index contributed by atoms with van der Waals surface area (Å²) >= 11 is 0. The minimum Gasteiger partial charge on any atom is -0.455 e. The average molecular weight is 279 g/mol. The molecule has 0 saturated carbocycles. The third-order valence-corrected chi connectivity index (χ3v) is 3.71. The lowest BCUT2D eigenvalue weighted by Crippen LogP contribution is -2.51. The minimum atomic E-state index is -0.438. The second kappa shape index (κ2) is 5.14. The molecular weight excluding hydrogens is 262 g/mol. The Kier molecular flexibility index (Phi) is 3.33. The van der Waals surface area contributed by atoms with Gasteiger partial charge >= 0.3 is 11.9 Å². The van der Waals surface area contributed by atoms with Gasteiger partial charge in [0.25, 0.3) is 0 Å². The van der Waals surface area contributed by atoms with Crippen molar-refractivity contribution in [3.05, 3.63) is 23.7 Å². The van der Waals surface area contributed by atoms with E-state index in [9.17, 15) is 9.59 Å². The molecule has 2 saturated heterocycles. The second-order valence-electron chi connectivity index (χ2n) is 5.01. The number of urea groups is 1. The van der Waals surface area contributed by atoms with E-state index in [-0.39, 0.29) is 17.8 Å². The van der Waals surface area contributed by atoms with Crippen LogP contribution in [0.3, 0.4) is 0 Å². The van der Waals surface area contributed by atoms with Gasteiger partial charge in [-0.25, -0.2) is 10.6 Å². The summed E-state index contributed by atoms with van der Waals surface area (Å²) in [5.41, 5.74) is 2.03. The summed E-state index contributed by atoms with van der Waals surface area (Å²) < 4.78 is 5.44. The number of hydrogen-bond acceptors (Lipinski definition) is 5. The van der Waals surface area contributed by atoms with Crippen LogP contribution in [0, 0.1) is 0 Å². The molecule has 20 heavy (non-hydrogen) atoms. The number of carbonyl (C=O) groups excluding carboxylic acids is 2. The second-order valence-corrected chi connectivity index (χ2v) is 5.01. The van der Waals surface area contributed by atoms with Crippen molar-refractivity contribution in [1.29, 1.82) is 0 Å². The molecule has 0 spiro atoms. The zero-order chi connectivity index (χ0) is 14.1. The Balaban J connectivity index is 1.60. The Hall–Kier alpha value is -2.06.